The number of methoxy groups -OCH3 is 1. The molecule has 1 rings (SSSR count). The Morgan fingerprint density at radius 1 is 1.47 bits per heavy atom. The number of carbonyl (C=O) groups is 2. The Hall–Kier alpha value is -2.05. The molecular formula is C12H19N3O4. The summed E-state index contributed by atoms with van der Waals surface area (Å²) in [5.41, 5.74) is 1.01. The maximum absolute atomic E-state index is 11.2. The molecule has 0 aromatic carbocycles. The van der Waals surface area contributed by atoms with Crippen LogP contribution in [0.2, 0.25) is 0 Å². The minimum Gasteiger partial charge on any atom is -0.465 e. The smallest absolute Gasteiger partial charge is 0.406 e. The summed E-state index contributed by atoms with van der Waals surface area (Å²) in [6, 6.07) is 0. The second kappa shape index (κ2) is 8.12. The maximum atomic E-state index is 11.2. The predicted octanol–water partition coefficient (Wildman–Crippen LogP) is 0.735. The minimum absolute atomic E-state index is 0.119. The molecule has 0 aliphatic rings. The van der Waals surface area contributed by atoms with E-state index < -0.39 is 6.09 Å². The van der Waals surface area contributed by atoms with E-state index in [2.05, 4.69) is 15.2 Å². The van der Waals surface area contributed by atoms with Crippen LogP contribution in [0, 0.1) is 0 Å². The van der Waals surface area contributed by atoms with Crippen molar-refractivity contribution in [3.63, 3.8) is 0 Å². The molecule has 0 atom stereocenters. The van der Waals surface area contributed by atoms with Crippen molar-refractivity contribution in [2.24, 2.45) is 0 Å². The number of carbonyl (C=O) groups excluding carboxylic acids is 2. The third-order valence-electron chi connectivity index (χ3n) is 2.38. The molecule has 106 valence electrons. The van der Waals surface area contributed by atoms with E-state index in [0.717, 1.165) is 18.4 Å². The van der Waals surface area contributed by atoms with Crippen LogP contribution in [0.5, 0.6) is 0 Å². The van der Waals surface area contributed by atoms with Gasteiger partial charge < -0.3 is 14.8 Å². The lowest BCUT2D eigenvalue weighted by atomic mass is 10.2. The first-order valence-corrected chi connectivity index (χ1v) is 6.14. The number of nitrogens with one attached hydrogen (secondary N) is 1. The molecule has 1 aromatic heterocycles. The second-order valence-corrected chi connectivity index (χ2v) is 3.87. The summed E-state index contributed by atoms with van der Waals surface area (Å²) in [6.07, 6.45) is 4.62. The largest absolute Gasteiger partial charge is 0.465 e. The van der Waals surface area contributed by atoms with Crippen LogP contribution in [0.3, 0.4) is 0 Å². The predicted molar refractivity (Wildman–Crippen MR) is 67.6 cm³/mol. The van der Waals surface area contributed by atoms with E-state index >= 15 is 0 Å². The van der Waals surface area contributed by atoms with Crippen molar-refractivity contribution in [1.29, 1.82) is 0 Å². The molecule has 7 nitrogen and oxygen atoms in total. The van der Waals surface area contributed by atoms with Gasteiger partial charge in [0.1, 0.15) is 6.54 Å². The molecule has 0 aliphatic carbocycles. The standard InChI is InChI=1S/C12H19N3O4/c1-3-19-11(16)9-15-8-10(7-14-15)5-4-6-13-12(17)18-2/h7-8H,3-6,9H2,1-2H3,(H,13,17). The third-order valence-corrected chi connectivity index (χ3v) is 2.38. The molecule has 0 saturated carbocycles. The number of ether oxygens (including phenoxy) is 2. The van der Waals surface area contributed by atoms with Crippen molar-refractivity contribution >= 4 is 12.1 Å². The Kier molecular flexibility index (Phi) is 6.42. The highest BCUT2D eigenvalue weighted by atomic mass is 16.5. The van der Waals surface area contributed by atoms with Gasteiger partial charge in [-0.2, -0.15) is 5.10 Å². The average molecular weight is 269 g/mol. The van der Waals surface area contributed by atoms with E-state index in [9.17, 15) is 9.59 Å². The molecule has 7 heteroatoms. The fourth-order valence-electron chi connectivity index (χ4n) is 1.52. The van der Waals surface area contributed by atoms with Crippen molar-refractivity contribution in [2.45, 2.75) is 26.3 Å². The normalized spacial score (nSPS) is 10.0. The van der Waals surface area contributed by atoms with Gasteiger partial charge in [-0.25, -0.2) is 4.79 Å². The molecule has 0 fully saturated rings. The van der Waals surface area contributed by atoms with E-state index in [4.69, 9.17) is 4.74 Å². The van der Waals surface area contributed by atoms with E-state index in [1.807, 2.05) is 0 Å². The first-order valence-electron chi connectivity index (χ1n) is 6.14. The monoisotopic (exact) mass is 269 g/mol. The number of aromatic nitrogens is 2. The summed E-state index contributed by atoms with van der Waals surface area (Å²) in [6.45, 7) is 2.79. The Bertz CT molecular complexity index is 417. The Morgan fingerprint density at radius 3 is 2.95 bits per heavy atom. The molecule has 0 saturated heterocycles. The van der Waals surface area contributed by atoms with Gasteiger partial charge in [0, 0.05) is 12.7 Å². The maximum Gasteiger partial charge on any atom is 0.406 e. The SMILES string of the molecule is CCOC(=O)Cn1cc(CCCNC(=O)OC)cn1. The lowest BCUT2D eigenvalue weighted by molar-refractivity contribution is -0.144. The van der Waals surface area contributed by atoms with Gasteiger partial charge in [0.15, 0.2) is 0 Å². The summed E-state index contributed by atoms with van der Waals surface area (Å²) >= 11 is 0. The van der Waals surface area contributed by atoms with Gasteiger partial charge >= 0.3 is 12.1 Å². The summed E-state index contributed by atoms with van der Waals surface area (Å²) < 4.78 is 10.8. The van der Waals surface area contributed by atoms with E-state index in [1.54, 1.807) is 24.0 Å². The highest BCUT2D eigenvalue weighted by Crippen LogP contribution is 2.01. The Balaban J connectivity index is 2.27. The molecule has 0 radical (unpaired) electrons. The summed E-state index contributed by atoms with van der Waals surface area (Å²) in [5, 5.41) is 6.67. The number of hydrogen-bond acceptors (Lipinski definition) is 5. The van der Waals surface area contributed by atoms with Crippen LogP contribution in [0.1, 0.15) is 18.9 Å². The molecule has 0 aliphatic heterocycles. The second-order valence-electron chi connectivity index (χ2n) is 3.87. The van der Waals surface area contributed by atoms with Crippen LogP contribution in [0.4, 0.5) is 4.79 Å². The fraction of sp³-hybridized carbons (Fsp3) is 0.583. The average Bonchev–Trinajstić information content (AvgIpc) is 2.82. The number of rotatable bonds is 7. The van der Waals surface area contributed by atoms with E-state index in [1.165, 1.54) is 7.11 Å². The number of esters is 1. The molecule has 0 unspecified atom stereocenters. The number of hydrogen-bond donors (Lipinski definition) is 1. The van der Waals surface area contributed by atoms with E-state index in [-0.39, 0.29) is 12.5 Å². The molecule has 19 heavy (non-hydrogen) atoms. The van der Waals surface area contributed by atoms with Gasteiger partial charge in [-0.15, -0.1) is 0 Å². The number of aryl methyl sites for hydroxylation is 1. The van der Waals surface area contributed by atoms with Crippen molar-refractivity contribution in [3.8, 4) is 0 Å². The van der Waals surface area contributed by atoms with Crippen molar-refractivity contribution in [1.82, 2.24) is 15.1 Å². The van der Waals surface area contributed by atoms with Gasteiger partial charge in [-0.05, 0) is 25.3 Å². The van der Waals surface area contributed by atoms with Gasteiger partial charge in [0.2, 0.25) is 0 Å². The molecular weight excluding hydrogens is 250 g/mol. The molecule has 0 spiro atoms. The first-order chi connectivity index (χ1) is 9.15. The summed E-state index contributed by atoms with van der Waals surface area (Å²) in [7, 11) is 1.33. The fourth-order valence-corrected chi connectivity index (χ4v) is 1.52. The van der Waals surface area contributed by atoms with Gasteiger partial charge in [-0.3, -0.25) is 9.48 Å². The van der Waals surface area contributed by atoms with Gasteiger partial charge in [0.25, 0.3) is 0 Å². The lowest BCUT2D eigenvalue weighted by Crippen LogP contribution is -2.24. The number of alkyl carbamates (subject to hydrolysis) is 1. The zero-order chi connectivity index (χ0) is 14.1. The van der Waals surface area contributed by atoms with Crippen LogP contribution in [-0.4, -0.2) is 42.1 Å². The van der Waals surface area contributed by atoms with Crippen LogP contribution >= 0.6 is 0 Å². The van der Waals surface area contributed by atoms with Crippen molar-refractivity contribution in [3.05, 3.63) is 18.0 Å². The first kappa shape index (κ1) is 15.0. The Labute approximate surface area is 111 Å². The molecule has 1 aromatic rings. The number of amides is 1. The summed E-state index contributed by atoms with van der Waals surface area (Å²) in [5.74, 6) is -0.301. The van der Waals surface area contributed by atoms with Crippen LogP contribution in [-0.2, 0) is 27.2 Å². The molecule has 1 heterocycles. The van der Waals surface area contributed by atoms with Crippen molar-refractivity contribution in [2.75, 3.05) is 20.3 Å². The van der Waals surface area contributed by atoms with Gasteiger partial charge in [-0.1, -0.05) is 0 Å². The minimum atomic E-state index is -0.432. The highest BCUT2D eigenvalue weighted by molar-refractivity contribution is 5.69. The zero-order valence-electron chi connectivity index (χ0n) is 11.2. The quantitative estimate of drug-likeness (QED) is 0.583. The zero-order valence-corrected chi connectivity index (χ0v) is 11.2. The Morgan fingerprint density at radius 2 is 2.26 bits per heavy atom. The summed E-state index contributed by atoms with van der Waals surface area (Å²) in [4.78, 5) is 22.1. The van der Waals surface area contributed by atoms with Gasteiger partial charge in [0.05, 0.1) is 19.9 Å². The van der Waals surface area contributed by atoms with Crippen LogP contribution in [0.25, 0.3) is 0 Å². The highest BCUT2D eigenvalue weighted by Gasteiger charge is 2.05. The van der Waals surface area contributed by atoms with Crippen LogP contribution in [0.15, 0.2) is 12.4 Å². The van der Waals surface area contributed by atoms with Crippen LogP contribution < -0.4 is 5.32 Å². The topological polar surface area (TPSA) is 82.5 Å². The lowest BCUT2D eigenvalue weighted by Gasteiger charge is -2.02. The molecule has 0 bridgehead atoms. The third kappa shape index (κ3) is 5.89. The number of nitrogens with zero attached hydrogens (tertiary/aromatic N) is 2. The van der Waals surface area contributed by atoms with Crippen molar-refractivity contribution < 1.29 is 19.1 Å². The molecule has 1 amide bonds. The molecule has 1 N–H and O–H groups in total. The van der Waals surface area contributed by atoms with E-state index in [0.29, 0.717) is 13.2 Å².